The lowest BCUT2D eigenvalue weighted by molar-refractivity contribution is 0.0834. The highest BCUT2D eigenvalue weighted by molar-refractivity contribution is 5.80. The number of hydrogen-bond donors (Lipinski definition) is 0. The predicted molar refractivity (Wildman–Crippen MR) is 54.7 cm³/mol. The van der Waals surface area contributed by atoms with E-state index in [1.54, 1.807) is 12.1 Å². The van der Waals surface area contributed by atoms with Gasteiger partial charge in [0.05, 0.1) is 0 Å². The zero-order chi connectivity index (χ0) is 11.4. The molecule has 2 aromatic rings. The van der Waals surface area contributed by atoms with Crippen molar-refractivity contribution in [2.24, 2.45) is 0 Å². The van der Waals surface area contributed by atoms with Crippen LogP contribution in [0.3, 0.4) is 0 Å². The van der Waals surface area contributed by atoms with Gasteiger partial charge >= 0.3 is 0 Å². The van der Waals surface area contributed by atoms with E-state index in [0.29, 0.717) is 0 Å². The van der Waals surface area contributed by atoms with E-state index in [-0.39, 0.29) is 18.3 Å². The number of ether oxygens (including phenoxy) is 1. The Balaban J connectivity index is 1.98. The summed E-state index contributed by atoms with van der Waals surface area (Å²) in [6.45, 7) is -0.225. The van der Waals surface area contributed by atoms with Crippen LogP contribution in [-0.2, 0) is 0 Å². The molecule has 2 rings (SSSR count). The third kappa shape index (κ3) is 2.25. The first-order valence-electron chi connectivity index (χ1n) is 4.66. The zero-order valence-corrected chi connectivity index (χ0v) is 8.34. The first-order valence-corrected chi connectivity index (χ1v) is 4.66. The minimum Gasteiger partial charge on any atom is -0.481 e. The van der Waals surface area contributed by atoms with Gasteiger partial charge in [0.2, 0.25) is 0 Å². The van der Waals surface area contributed by atoms with Gasteiger partial charge in [-0.25, -0.2) is 9.37 Å². The standard InChI is InChI=1S/C11H9FN2O2/c12-9-3-1-2-4-10(9)16-7-11(15)14-6-5-13-8-14/h1-6,8H,7H2. The van der Waals surface area contributed by atoms with Crippen molar-refractivity contribution >= 4 is 5.91 Å². The van der Waals surface area contributed by atoms with Crippen LogP contribution in [0.4, 0.5) is 4.39 Å². The Morgan fingerprint density at radius 2 is 2.25 bits per heavy atom. The summed E-state index contributed by atoms with van der Waals surface area (Å²) in [6.07, 6.45) is 4.36. The first-order chi connectivity index (χ1) is 7.77. The average Bonchev–Trinajstić information content (AvgIpc) is 2.81. The number of carbonyl (C=O) groups is 1. The smallest absolute Gasteiger partial charge is 0.269 e. The maximum atomic E-state index is 13.1. The SMILES string of the molecule is O=C(COc1ccccc1F)n1ccnc1. The average molecular weight is 220 g/mol. The van der Waals surface area contributed by atoms with Crippen molar-refractivity contribution in [2.75, 3.05) is 6.61 Å². The van der Waals surface area contributed by atoms with E-state index in [0.717, 1.165) is 0 Å². The van der Waals surface area contributed by atoms with Gasteiger partial charge in [0, 0.05) is 12.4 Å². The van der Waals surface area contributed by atoms with Gasteiger partial charge in [-0.15, -0.1) is 0 Å². The summed E-state index contributed by atoms with van der Waals surface area (Å²) in [4.78, 5) is 15.2. The summed E-state index contributed by atoms with van der Waals surface area (Å²) in [6, 6.07) is 5.94. The number of para-hydroxylation sites is 1. The zero-order valence-electron chi connectivity index (χ0n) is 8.34. The fourth-order valence-corrected chi connectivity index (χ4v) is 1.18. The molecule has 0 fully saturated rings. The third-order valence-corrected chi connectivity index (χ3v) is 1.98. The van der Waals surface area contributed by atoms with E-state index in [2.05, 4.69) is 4.98 Å². The quantitative estimate of drug-likeness (QED) is 0.791. The highest BCUT2D eigenvalue weighted by atomic mass is 19.1. The molecule has 0 saturated heterocycles. The molecule has 1 aromatic heterocycles. The van der Waals surface area contributed by atoms with Gasteiger partial charge in [0.1, 0.15) is 6.33 Å². The fourth-order valence-electron chi connectivity index (χ4n) is 1.18. The molecule has 0 saturated carbocycles. The molecule has 0 bridgehead atoms. The molecule has 1 aromatic carbocycles. The molecule has 0 spiro atoms. The van der Waals surface area contributed by atoms with Crippen molar-refractivity contribution < 1.29 is 13.9 Å². The van der Waals surface area contributed by atoms with Crippen LogP contribution in [0.25, 0.3) is 0 Å². The molecule has 0 aliphatic carbocycles. The number of carbonyl (C=O) groups excluding carboxylic acids is 1. The lowest BCUT2D eigenvalue weighted by Crippen LogP contribution is -2.18. The topological polar surface area (TPSA) is 44.1 Å². The Labute approximate surface area is 91.3 Å². The summed E-state index contributed by atoms with van der Waals surface area (Å²) in [5, 5.41) is 0. The Kier molecular flexibility index (Phi) is 2.95. The van der Waals surface area contributed by atoms with Gasteiger partial charge in [0.15, 0.2) is 18.2 Å². The predicted octanol–water partition coefficient (Wildman–Crippen LogP) is 1.74. The van der Waals surface area contributed by atoms with Gasteiger partial charge in [-0.3, -0.25) is 9.36 Å². The maximum Gasteiger partial charge on any atom is 0.269 e. The van der Waals surface area contributed by atoms with Crippen LogP contribution in [0.2, 0.25) is 0 Å². The summed E-state index contributed by atoms with van der Waals surface area (Å²) in [5.74, 6) is -0.724. The molecule has 4 nitrogen and oxygen atoms in total. The van der Waals surface area contributed by atoms with Crippen LogP contribution in [-0.4, -0.2) is 22.1 Å². The molecule has 16 heavy (non-hydrogen) atoms. The second kappa shape index (κ2) is 4.57. The molecule has 1 heterocycles. The van der Waals surface area contributed by atoms with Crippen molar-refractivity contribution in [3.05, 3.63) is 48.8 Å². The van der Waals surface area contributed by atoms with Gasteiger partial charge in [-0.2, -0.15) is 0 Å². The Bertz CT molecular complexity index is 482. The summed E-state index contributed by atoms with van der Waals surface area (Å²) in [7, 11) is 0. The largest absolute Gasteiger partial charge is 0.481 e. The first kappa shape index (κ1) is 10.4. The summed E-state index contributed by atoms with van der Waals surface area (Å²) < 4.78 is 19.5. The molecule has 0 amide bonds. The maximum absolute atomic E-state index is 13.1. The molecular weight excluding hydrogens is 211 g/mol. The fraction of sp³-hybridized carbons (Fsp3) is 0.0909. The third-order valence-electron chi connectivity index (χ3n) is 1.98. The Morgan fingerprint density at radius 3 is 2.94 bits per heavy atom. The minimum atomic E-state index is -0.485. The number of halogens is 1. The highest BCUT2D eigenvalue weighted by Crippen LogP contribution is 2.15. The van der Waals surface area contributed by atoms with Crippen LogP contribution >= 0.6 is 0 Å². The van der Waals surface area contributed by atoms with E-state index in [1.807, 2.05) is 0 Å². The van der Waals surface area contributed by atoms with Crippen LogP contribution in [0, 0.1) is 5.82 Å². The number of aromatic nitrogens is 2. The molecule has 5 heteroatoms. The lowest BCUT2D eigenvalue weighted by Gasteiger charge is -2.05. The van der Waals surface area contributed by atoms with E-state index < -0.39 is 5.82 Å². The van der Waals surface area contributed by atoms with Crippen molar-refractivity contribution in [3.8, 4) is 5.75 Å². The van der Waals surface area contributed by atoms with Crippen molar-refractivity contribution in [3.63, 3.8) is 0 Å². The second-order valence-corrected chi connectivity index (χ2v) is 3.08. The molecule has 0 unspecified atom stereocenters. The van der Waals surface area contributed by atoms with Gasteiger partial charge < -0.3 is 4.74 Å². The number of hydrogen-bond acceptors (Lipinski definition) is 3. The monoisotopic (exact) mass is 220 g/mol. The highest BCUT2D eigenvalue weighted by Gasteiger charge is 2.07. The normalized spacial score (nSPS) is 10.1. The summed E-state index contributed by atoms with van der Waals surface area (Å²) in [5.41, 5.74) is 0. The van der Waals surface area contributed by atoms with Crippen LogP contribution in [0.15, 0.2) is 43.0 Å². The number of nitrogens with zero attached hydrogens (tertiary/aromatic N) is 2. The Hall–Kier alpha value is -2.17. The van der Waals surface area contributed by atoms with Gasteiger partial charge in [-0.05, 0) is 12.1 Å². The molecule has 0 radical (unpaired) electrons. The van der Waals surface area contributed by atoms with Crippen LogP contribution < -0.4 is 4.74 Å². The molecule has 0 aliphatic heterocycles. The second-order valence-electron chi connectivity index (χ2n) is 3.08. The van der Waals surface area contributed by atoms with E-state index in [1.165, 1.54) is 35.4 Å². The minimum absolute atomic E-state index is 0.0657. The van der Waals surface area contributed by atoms with Crippen molar-refractivity contribution in [1.29, 1.82) is 0 Å². The van der Waals surface area contributed by atoms with E-state index in [4.69, 9.17) is 4.74 Å². The number of imidazole rings is 1. The van der Waals surface area contributed by atoms with Gasteiger partial charge in [-0.1, -0.05) is 12.1 Å². The van der Waals surface area contributed by atoms with Crippen molar-refractivity contribution in [2.45, 2.75) is 0 Å². The Morgan fingerprint density at radius 1 is 1.44 bits per heavy atom. The molecule has 82 valence electrons. The van der Waals surface area contributed by atoms with Crippen LogP contribution in [0.1, 0.15) is 4.79 Å². The number of rotatable bonds is 3. The van der Waals surface area contributed by atoms with Crippen molar-refractivity contribution in [1.82, 2.24) is 9.55 Å². The number of benzene rings is 1. The molecule has 0 N–H and O–H groups in total. The van der Waals surface area contributed by atoms with E-state index in [9.17, 15) is 9.18 Å². The van der Waals surface area contributed by atoms with E-state index >= 15 is 0 Å². The van der Waals surface area contributed by atoms with Gasteiger partial charge in [0.25, 0.3) is 5.91 Å². The molecule has 0 aliphatic rings. The summed E-state index contributed by atoms with van der Waals surface area (Å²) >= 11 is 0. The molecule has 0 atom stereocenters. The lowest BCUT2D eigenvalue weighted by atomic mass is 10.3. The molecular formula is C11H9FN2O2. The van der Waals surface area contributed by atoms with Crippen LogP contribution in [0.5, 0.6) is 5.75 Å².